The van der Waals surface area contributed by atoms with Crippen LogP contribution in [0.4, 0.5) is 5.69 Å². The predicted octanol–water partition coefficient (Wildman–Crippen LogP) is 2.20. The fourth-order valence-electron chi connectivity index (χ4n) is 1.71. The number of aliphatic hydroxyl groups is 1. The van der Waals surface area contributed by atoms with Gasteiger partial charge < -0.3 is 20.6 Å². The van der Waals surface area contributed by atoms with Gasteiger partial charge in [0, 0.05) is 17.8 Å². The standard InChI is InChI=1S/C14H15NO3/c16-9-11-3-1-2-4-12(11)15-8-10-5-6-13(17)14(18)7-10/h1-7,15-18H,8-9H2. The van der Waals surface area contributed by atoms with Gasteiger partial charge in [0.2, 0.25) is 0 Å². The summed E-state index contributed by atoms with van der Waals surface area (Å²) in [5, 5.41) is 30.9. The van der Waals surface area contributed by atoms with Crippen molar-refractivity contribution in [2.45, 2.75) is 13.2 Å². The van der Waals surface area contributed by atoms with E-state index >= 15 is 0 Å². The fraction of sp³-hybridized carbons (Fsp3) is 0.143. The Kier molecular flexibility index (Phi) is 3.69. The summed E-state index contributed by atoms with van der Waals surface area (Å²) >= 11 is 0. The van der Waals surface area contributed by atoms with Crippen molar-refractivity contribution in [2.75, 3.05) is 5.32 Å². The van der Waals surface area contributed by atoms with Gasteiger partial charge in [0.1, 0.15) is 0 Å². The van der Waals surface area contributed by atoms with E-state index in [2.05, 4.69) is 5.32 Å². The lowest BCUT2D eigenvalue weighted by Crippen LogP contribution is -2.02. The summed E-state index contributed by atoms with van der Waals surface area (Å²) < 4.78 is 0. The SMILES string of the molecule is OCc1ccccc1NCc1ccc(O)c(O)c1. The molecular formula is C14H15NO3. The van der Waals surface area contributed by atoms with Gasteiger partial charge >= 0.3 is 0 Å². The van der Waals surface area contributed by atoms with Crippen molar-refractivity contribution in [3.63, 3.8) is 0 Å². The number of anilines is 1. The maximum Gasteiger partial charge on any atom is 0.157 e. The summed E-state index contributed by atoms with van der Waals surface area (Å²) in [5.74, 6) is -0.265. The van der Waals surface area contributed by atoms with E-state index in [4.69, 9.17) is 0 Å². The molecule has 4 N–H and O–H groups in total. The Labute approximate surface area is 105 Å². The van der Waals surface area contributed by atoms with Crippen molar-refractivity contribution in [1.29, 1.82) is 0 Å². The Morgan fingerprint density at radius 3 is 2.44 bits per heavy atom. The van der Waals surface area contributed by atoms with Gasteiger partial charge in [-0.05, 0) is 23.8 Å². The molecule has 0 saturated carbocycles. The van der Waals surface area contributed by atoms with Crippen LogP contribution < -0.4 is 5.32 Å². The minimum atomic E-state index is -0.134. The van der Waals surface area contributed by atoms with Crippen LogP contribution in [0.5, 0.6) is 11.5 Å². The van der Waals surface area contributed by atoms with E-state index in [0.717, 1.165) is 16.8 Å². The van der Waals surface area contributed by atoms with E-state index in [1.54, 1.807) is 6.07 Å². The van der Waals surface area contributed by atoms with Gasteiger partial charge in [-0.1, -0.05) is 24.3 Å². The smallest absolute Gasteiger partial charge is 0.157 e. The highest BCUT2D eigenvalue weighted by Gasteiger charge is 2.02. The zero-order chi connectivity index (χ0) is 13.0. The second-order valence-electron chi connectivity index (χ2n) is 3.99. The molecule has 2 aromatic carbocycles. The fourth-order valence-corrected chi connectivity index (χ4v) is 1.71. The van der Waals surface area contributed by atoms with E-state index in [-0.39, 0.29) is 18.1 Å². The van der Waals surface area contributed by atoms with E-state index in [1.807, 2.05) is 24.3 Å². The minimum absolute atomic E-state index is 0.0238. The third-order valence-electron chi connectivity index (χ3n) is 2.71. The summed E-state index contributed by atoms with van der Waals surface area (Å²) in [4.78, 5) is 0. The van der Waals surface area contributed by atoms with Crippen molar-refractivity contribution >= 4 is 5.69 Å². The van der Waals surface area contributed by atoms with Crippen molar-refractivity contribution in [2.24, 2.45) is 0 Å². The highest BCUT2D eigenvalue weighted by molar-refractivity contribution is 5.51. The second kappa shape index (κ2) is 5.42. The van der Waals surface area contributed by atoms with Crippen molar-refractivity contribution in [3.05, 3.63) is 53.6 Å². The molecule has 0 aromatic heterocycles. The van der Waals surface area contributed by atoms with Crippen LogP contribution in [0.15, 0.2) is 42.5 Å². The van der Waals surface area contributed by atoms with Crippen molar-refractivity contribution in [1.82, 2.24) is 0 Å². The molecule has 4 nitrogen and oxygen atoms in total. The normalized spacial score (nSPS) is 10.3. The van der Waals surface area contributed by atoms with Gasteiger partial charge in [0.15, 0.2) is 11.5 Å². The largest absolute Gasteiger partial charge is 0.504 e. The minimum Gasteiger partial charge on any atom is -0.504 e. The van der Waals surface area contributed by atoms with Crippen LogP contribution in [0.25, 0.3) is 0 Å². The van der Waals surface area contributed by atoms with Crippen LogP contribution in [0.3, 0.4) is 0 Å². The topological polar surface area (TPSA) is 72.7 Å². The van der Waals surface area contributed by atoms with Crippen LogP contribution in [0.1, 0.15) is 11.1 Å². The maximum absolute atomic E-state index is 9.38. The quantitative estimate of drug-likeness (QED) is 0.623. The average molecular weight is 245 g/mol. The number of phenols is 2. The molecule has 18 heavy (non-hydrogen) atoms. The first-order valence-corrected chi connectivity index (χ1v) is 5.64. The zero-order valence-corrected chi connectivity index (χ0v) is 9.80. The number of benzene rings is 2. The lowest BCUT2D eigenvalue weighted by molar-refractivity contribution is 0.282. The molecule has 0 unspecified atom stereocenters. The molecule has 0 atom stereocenters. The van der Waals surface area contributed by atoms with Crippen molar-refractivity contribution in [3.8, 4) is 11.5 Å². The van der Waals surface area contributed by atoms with Gasteiger partial charge in [-0.15, -0.1) is 0 Å². The Hall–Kier alpha value is -2.20. The molecule has 0 radical (unpaired) electrons. The number of phenolic OH excluding ortho intramolecular Hbond substituents is 2. The monoisotopic (exact) mass is 245 g/mol. The van der Waals surface area contributed by atoms with Crippen molar-refractivity contribution < 1.29 is 15.3 Å². The third-order valence-corrected chi connectivity index (χ3v) is 2.71. The summed E-state index contributed by atoms with van der Waals surface area (Å²) in [5.41, 5.74) is 2.52. The summed E-state index contributed by atoms with van der Waals surface area (Å²) in [7, 11) is 0. The van der Waals surface area contributed by atoms with E-state index in [9.17, 15) is 15.3 Å². The van der Waals surface area contributed by atoms with E-state index < -0.39 is 0 Å². The zero-order valence-electron chi connectivity index (χ0n) is 9.80. The summed E-state index contributed by atoms with van der Waals surface area (Å²) in [6, 6.07) is 12.2. The Balaban J connectivity index is 2.09. The number of nitrogens with one attached hydrogen (secondary N) is 1. The van der Waals surface area contributed by atoms with Crippen LogP contribution in [-0.4, -0.2) is 15.3 Å². The molecule has 0 fully saturated rings. The summed E-state index contributed by atoms with van der Waals surface area (Å²) in [6.45, 7) is 0.481. The van der Waals surface area contributed by atoms with E-state index in [1.165, 1.54) is 12.1 Å². The molecule has 0 amide bonds. The molecule has 0 saturated heterocycles. The second-order valence-corrected chi connectivity index (χ2v) is 3.99. The molecule has 0 aliphatic rings. The number of hydrogen-bond donors (Lipinski definition) is 4. The van der Waals surface area contributed by atoms with Gasteiger partial charge in [-0.25, -0.2) is 0 Å². The molecular weight excluding hydrogens is 230 g/mol. The third kappa shape index (κ3) is 2.73. The predicted molar refractivity (Wildman–Crippen MR) is 69.5 cm³/mol. The molecule has 2 rings (SSSR count). The number of aromatic hydroxyl groups is 2. The van der Waals surface area contributed by atoms with Crippen LogP contribution in [0.2, 0.25) is 0 Å². The molecule has 0 heterocycles. The van der Waals surface area contributed by atoms with Gasteiger partial charge in [-0.2, -0.15) is 0 Å². The molecule has 4 heteroatoms. The Bertz CT molecular complexity index is 540. The first-order valence-electron chi connectivity index (χ1n) is 5.64. The molecule has 2 aromatic rings. The maximum atomic E-state index is 9.38. The average Bonchev–Trinajstić information content (AvgIpc) is 2.40. The summed E-state index contributed by atoms with van der Waals surface area (Å²) in [6.07, 6.45) is 0. The number of aliphatic hydroxyl groups excluding tert-OH is 1. The van der Waals surface area contributed by atoms with Crippen LogP contribution in [0, 0.1) is 0 Å². The first-order chi connectivity index (χ1) is 8.70. The highest BCUT2D eigenvalue weighted by Crippen LogP contribution is 2.25. The first kappa shape index (κ1) is 12.3. The van der Waals surface area contributed by atoms with E-state index in [0.29, 0.717) is 6.54 Å². The molecule has 0 spiro atoms. The lowest BCUT2D eigenvalue weighted by atomic mass is 10.1. The molecule has 94 valence electrons. The van der Waals surface area contributed by atoms with Crippen LogP contribution >= 0.6 is 0 Å². The Morgan fingerprint density at radius 1 is 0.944 bits per heavy atom. The number of hydrogen-bond acceptors (Lipinski definition) is 4. The highest BCUT2D eigenvalue weighted by atomic mass is 16.3. The van der Waals surface area contributed by atoms with Crippen LogP contribution in [-0.2, 0) is 13.2 Å². The number of rotatable bonds is 4. The molecule has 0 aliphatic carbocycles. The Morgan fingerprint density at radius 2 is 1.72 bits per heavy atom. The van der Waals surface area contributed by atoms with Gasteiger partial charge in [0.25, 0.3) is 0 Å². The molecule has 0 aliphatic heterocycles. The number of para-hydroxylation sites is 1. The molecule has 0 bridgehead atoms. The lowest BCUT2D eigenvalue weighted by Gasteiger charge is -2.10. The van der Waals surface area contributed by atoms with Gasteiger partial charge in [0.05, 0.1) is 6.61 Å². The van der Waals surface area contributed by atoms with Gasteiger partial charge in [-0.3, -0.25) is 0 Å².